The van der Waals surface area contributed by atoms with E-state index in [4.69, 9.17) is 4.74 Å². The van der Waals surface area contributed by atoms with Gasteiger partial charge in [-0.2, -0.15) is 0 Å². The van der Waals surface area contributed by atoms with E-state index in [-0.39, 0.29) is 11.9 Å². The number of rotatable bonds is 4. The van der Waals surface area contributed by atoms with E-state index in [2.05, 4.69) is 19.2 Å². The lowest BCUT2D eigenvalue weighted by Gasteiger charge is -2.34. The molecular weight excluding hydrogens is 252 g/mol. The number of hydrogen-bond donors (Lipinski definition) is 1. The number of methoxy groups -OCH3 is 1. The van der Waals surface area contributed by atoms with Crippen molar-refractivity contribution in [2.45, 2.75) is 45.7 Å². The van der Waals surface area contributed by atoms with E-state index in [0.29, 0.717) is 6.04 Å². The summed E-state index contributed by atoms with van der Waals surface area (Å²) in [6.07, 6.45) is 1.95. The molecule has 1 fully saturated rings. The van der Waals surface area contributed by atoms with Crippen molar-refractivity contribution in [3.63, 3.8) is 0 Å². The smallest absolute Gasteiger partial charge is 0.244 e. The van der Waals surface area contributed by atoms with Crippen LogP contribution in [0, 0.1) is 6.92 Å². The molecule has 1 unspecified atom stereocenters. The van der Waals surface area contributed by atoms with Crippen molar-refractivity contribution in [2.75, 3.05) is 18.6 Å². The molecule has 1 atom stereocenters. The van der Waals surface area contributed by atoms with Gasteiger partial charge in [0.2, 0.25) is 5.91 Å². The predicted molar refractivity (Wildman–Crippen MR) is 81.4 cm³/mol. The Labute approximate surface area is 121 Å². The minimum absolute atomic E-state index is 0.0637. The normalized spacial score (nSPS) is 19.6. The lowest BCUT2D eigenvalue weighted by atomic mass is 10.0. The van der Waals surface area contributed by atoms with Crippen molar-refractivity contribution in [1.82, 2.24) is 5.32 Å². The Morgan fingerprint density at radius 1 is 1.40 bits per heavy atom. The summed E-state index contributed by atoms with van der Waals surface area (Å²) in [7, 11) is 1.66. The number of carbonyl (C=O) groups excluding carboxylic acids is 1. The fraction of sp³-hybridized carbons (Fsp3) is 0.562. The summed E-state index contributed by atoms with van der Waals surface area (Å²) in [6.45, 7) is 6.94. The van der Waals surface area contributed by atoms with Gasteiger partial charge < -0.3 is 15.0 Å². The van der Waals surface area contributed by atoms with Gasteiger partial charge in [0, 0.05) is 18.3 Å². The standard InChI is InChI=1S/C16H24N2O2/c1-11(2)17-14-6-5-9-18(16(14)19)13-7-8-15(20-4)12(3)10-13/h7-8,10-11,14,17H,5-6,9H2,1-4H3. The van der Waals surface area contributed by atoms with Gasteiger partial charge in [-0.25, -0.2) is 0 Å². The van der Waals surface area contributed by atoms with E-state index in [1.807, 2.05) is 30.0 Å². The summed E-state index contributed by atoms with van der Waals surface area (Å²) >= 11 is 0. The Kier molecular flexibility index (Phi) is 4.65. The lowest BCUT2D eigenvalue weighted by Crippen LogP contribution is -2.52. The zero-order chi connectivity index (χ0) is 14.7. The van der Waals surface area contributed by atoms with Gasteiger partial charge in [-0.1, -0.05) is 13.8 Å². The fourth-order valence-electron chi connectivity index (χ4n) is 2.72. The van der Waals surface area contributed by atoms with Crippen LogP contribution in [-0.2, 0) is 4.79 Å². The van der Waals surface area contributed by atoms with Crippen LogP contribution in [0.4, 0.5) is 5.69 Å². The molecule has 1 aliphatic heterocycles. The number of aryl methyl sites for hydroxylation is 1. The Bertz CT molecular complexity index is 485. The van der Waals surface area contributed by atoms with Gasteiger partial charge in [-0.3, -0.25) is 4.79 Å². The Balaban J connectivity index is 2.19. The second kappa shape index (κ2) is 6.27. The van der Waals surface area contributed by atoms with Crippen LogP contribution in [0.25, 0.3) is 0 Å². The quantitative estimate of drug-likeness (QED) is 0.918. The lowest BCUT2D eigenvalue weighted by molar-refractivity contribution is -0.121. The third-order valence-electron chi connectivity index (χ3n) is 3.66. The molecule has 1 heterocycles. The van der Waals surface area contributed by atoms with Crippen LogP contribution >= 0.6 is 0 Å². The van der Waals surface area contributed by atoms with Gasteiger partial charge in [0.05, 0.1) is 13.2 Å². The molecule has 1 amide bonds. The van der Waals surface area contributed by atoms with Crippen LogP contribution in [-0.4, -0.2) is 31.6 Å². The van der Waals surface area contributed by atoms with Crippen LogP contribution in [0.15, 0.2) is 18.2 Å². The van der Waals surface area contributed by atoms with Crippen LogP contribution < -0.4 is 15.0 Å². The predicted octanol–water partition coefficient (Wildman–Crippen LogP) is 2.50. The van der Waals surface area contributed by atoms with Gasteiger partial charge in [-0.05, 0) is 43.5 Å². The molecule has 1 N–H and O–H groups in total. The van der Waals surface area contributed by atoms with Crippen molar-refractivity contribution < 1.29 is 9.53 Å². The molecule has 0 saturated carbocycles. The van der Waals surface area contributed by atoms with Gasteiger partial charge in [0.1, 0.15) is 5.75 Å². The van der Waals surface area contributed by atoms with Gasteiger partial charge >= 0.3 is 0 Å². The van der Waals surface area contributed by atoms with Crippen LogP contribution in [0.1, 0.15) is 32.3 Å². The van der Waals surface area contributed by atoms with Crippen molar-refractivity contribution in [3.05, 3.63) is 23.8 Å². The zero-order valence-corrected chi connectivity index (χ0v) is 12.8. The summed E-state index contributed by atoms with van der Waals surface area (Å²) in [6, 6.07) is 6.17. The Hall–Kier alpha value is -1.55. The molecule has 20 heavy (non-hydrogen) atoms. The highest BCUT2D eigenvalue weighted by Crippen LogP contribution is 2.27. The van der Waals surface area contributed by atoms with Crippen molar-refractivity contribution in [1.29, 1.82) is 0 Å². The Morgan fingerprint density at radius 3 is 2.75 bits per heavy atom. The molecular formula is C16H24N2O2. The number of nitrogens with zero attached hydrogens (tertiary/aromatic N) is 1. The zero-order valence-electron chi connectivity index (χ0n) is 12.8. The first-order valence-corrected chi connectivity index (χ1v) is 7.25. The third kappa shape index (κ3) is 3.12. The highest BCUT2D eigenvalue weighted by Gasteiger charge is 2.29. The number of hydrogen-bond acceptors (Lipinski definition) is 3. The third-order valence-corrected chi connectivity index (χ3v) is 3.66. The molecule has 1 aromatic carbocycles. The molecule has 1 saturated heterocycles. The van der Waals surface area contributed by atoms with Crippen LogP contribution in [0.5, 0.6) is 5.75 Å². The Morgan fingerprint density at radius 2 is 2.15 bits per heavy atom. The highest BCUT2D eigenvalue weighted by atomic mass is 16.5. The first-order valence-electron chi connectivity index (χ1n) is 7.25. The van der Waals surface area contributed by atoms with E-state index >= 15 is 0 Å². The number of ether oxygens (including phenoxy) is 1. The number of piperidine rings is 1. The van der Waals surface area contributed by atoms with Crippen molar-refractivity contribution in [3.8, 4) is 5.75 Å². The van der Waals surface area contributed by atoms with E-state index < -0.39 is 0 Å². The molecule has 0 bridgehead atoms. The molecule has 1 aliphatic rings. The maximum atomic E-state index is 12.6. The largest absolute Gasteiger partial charge is 0.496 e. The summed E-state index contributed by atoms with van der Waals surface area (Å²) in [4.78, 5) is 14.4. The maximum absolute atomic E-state index is 12.6. The molecule has 0 radical (unpaired) electrons. The minimum Gasteiger partial charge on any atom is -0.496 e. The summed E-state index contributed by atoms with van der Waals surface area (Å²) in [5.74, 6) is 1.03. The molecule has 1 aromatic rings. The average Bonchev–Trinajstić information content (AvgIpc) is 2.40. The van der Waals surface area contributed by atoms with E-state index in [1.165, 1.54) is 0 Å². The van der Waals surface area contributed by atoms with Gasteiger partial charge in [0.15, 0.2) is 0 Å². The summed E-state index contributed by atoms with van der Waals surface area (Å²) in [5.41, 5.74) is 2.01. The second-order valence-electron chi connectivity index (χ2n) is 5.66. The number of anilines is 1. The second-order valence-corrected chi connectivity index (χ2v) is 5.66. The molecule has 0 aliphatic carbocycles. The fourth-order valence-corrected chi connectivity index (χ4v) is 2.72. The summed E-state index contributed by atoms with van der Waals surface area (Å²) < 4.78 is 5.27. The highest BCUT2D eigenvalue weighted by molar-refractivity contribution is 5.98. The van der Waals surface area contributed by atoms with E-state index in [1.54, 1.807) is 7.11 Å². The van der Waals surface area contributed by atoms with Crippen LogP contribution in [0.3, 0.4) is 0 Å². The molecule has 0 aromatic heterocycles. The molecule has 4 heteroatoms. The van der Waals surface area contributed by atoms with Crippen molar-refractivity contribution in [2.24, 2.45) is 0 Å². The number of benzene rings is 1. The topological polar surface area (TPSA) is 41.6 Å². The molecule has 2 rings (SSSR count). The molecule has 4 nitrogen and oxygen atoms in total. The minimum atomic E-state index is -0.0637. The number of amides is 1. The van der Waals surface area contributed by atoms with E-state index in [9.17, 15) is 4.79 Å². The SMILES string of the molecule is COc1ccc(N2CCCC(NC(C)C)C2=O)cc1C. The maximum Gasteiger partial charge on any atom is 0.244 e. The van der Waals surface area contributed by atoms with E-state index in [0.717, 1.165) is 36.4 Å². The van der Waals surface area contributed by atoms with Gasteiger partial charge in [-0.15, -0.1) is 0 Å². The summed E-state index contributed by atoms with van der Waals surface area (Å²) in [5, 5.41) is 3.35. The first-order chi connectivity index (χ1) is 9.52. The number of nitrogens with one attached hydrogen (secondary N) is 1. The van der Waals surface area contributed by atoms with Crippen LogP contribution in [0.2, 0.25) is 0 Å². The average molecular weight is 276 g/mol. The number of carbonyl (C=O) groups is 1. The van der Waals surface area contributed by atoms with Crippen molar-refractivity contribution >= 4 is 11.6 Å². The monoisotopic (exact) mass is 276 g/mol. The molecule has 110 valence electrons. The van der Waals surface area contributed by atoms with Gasteiger partial charge in [0.25, 0.3) is 0 Å². The molecule has 0 spiro atoms. The first kappa shape index (κ1) is 14.9.